The number of hydrogen-bond donors (Lipinski definition) is 5. The zero-order chi connectivity index (χ0) is 21.8. The van der Waals surface area contributed by atoms with E-state index in [9.17, 15) is 24.3 Å². The van der Waals surface area contributed by atoms with Crippen LogP contribution in [0.1, 0.15) is 24.8 Å². The minimum atomic E-state index is -1.44. The van der Waals surface area contributed by atoms with E-state index in [-0.39, 0.29) is 5.91 Å². The first-order chi connectivity index (χ1) is 14.3. The summed E-state index contributed by atoms with van der Waals surface area (Å²) in [6.45, 7) is 0.353. The van der Waals surface area contributed by atoms with Gasteiger partial charge in [-0.25, -0.2) is 4.79 Å². The van der Waals surface area contributed by atoms with Crippen LogP contribution in [0.15, 0.2) is 30.5 Å². The molecule has 2 heterocycles. The Labute approximate surface area is 172 Å². The molecular formula is C20H25N5O5. The number of H-pyrrole nitrogens is 1. The van der Waals surface area contributed by atoms with Crippen molar-refractivity contribution in [1.29, 1.82) is 0 Å². The lowest BCUT2D eigenvalue weighted by atomic mass is 10.0. The van der Waals surface area contributed by atoms with Crippen molar-refractivity contribution < 1.29 is 24.3 Å². The quantitative estimate of drug-likeness (QED) is 0.388. The first kappa shape index (κ1) is 21.3. The Kier molecular flexibility index (Phi) is 6.36. The van der Waals surface area contributed by atoms with Crippen LogP contribution in [0.3, 0.4) is 0 Å². The Bertz CT molecular complexity index is 971. The number of nitrogens with one attached hydrogen (secondary N) is 2. The van der Waals surface area contributed by atoms with Crippen molar-refractivity contribution in [3.05, 3.63) is 36.0 Å². The molecule has 1 aromatic heterocycles. The number of nitrogens with zero attached hydrogens (tertiary/aromatic N) is 1. The SMILES string of the molecule is NC(=O)CC(NC(=O)C1CCCN1C(=O)C(N)Cc1c[nH]c2ccccc12)C(=O)O. The van der Waals surface area contributed by atoms with E-state index in [2.05, 4.69) is 10.3 Å². The van der Waals surface area contributed by atoms with E-state index in [4.69, 9.17) is 11.5 Å². The van der Waals surface area contributed by atoms with Crippen LogP contribution in [-0.4, -0.2) is 63.4 Å². The number of carbonyl (C=O) groups is 4. The zero-order valence-electron chi connectivity index (χ0n) is 16.3. The van der Waals surface area contributed by atoms with Crippen LogP contribution in [0.4, 0.5) is 0 Å². The van der Waals surface area contributed by atoms with Gasteiger partial charge in [-0.3, -0.25) is 14.4 Å². The molecule has 1 aliphatic heterocycles. The summed E-state index contributed by atoms with van der Waals surface area (Å²) in [5.74, 6) is -3.22. The highest BCUT2D eigenvalue weighted by atomic mass is 16.4. The van der Waals surface area contributed by atoms with Gasteiger partial charge in [-0.05, 0) is 30.9 Å². The Morgan fingerprint density at radius 1 is 1.27 bits per heavy atom. The number of likely N-dealkylation sites (tertiary alicyclic amines) is 1. The zero-order valence-corrected chi connectivity index (χ0v) is 16.3. The summed E-state index contributed by atoms with van der Waals surface area (Å²) in [6.07, 6.45) is 2.57. The summed E-state index contributed by atoms with van der Waals surface area (Å²) in [5.41, 5.74) is 13.1. The standard InChI is InChI=1S/C20H25N5O5/c21-13(8-11-10-23-14-5-2-1-4-12(11)14)19(28)25-7-3-6-16(25)18(27)24-15(20(29)30)9-17(22)26/h1-2,4-5,10,13,15-16,23H,3,6-9,21H2,(H2,22,26)(H,24,27)(H,29,30). The van der Waals surface area contributed by atoms with Crippen LogP contribution in [0.25, 0.3) is 10.9 Å². The molecule has 0 spiro atoms. The van der Waals surface area contributed by atoms with E-state index < -0.39 is 42.3 Å². The van der Waals surface area contributed by atoms with E-state index in [0.717, 1.165) is 16.5 Å². The average molecular weight is 415 g/mol. The number of benzene rings is 1. The van der Waals surface area contributed by atoms with Gasteiger partial charge in [0.1, 0.15) is 12.1 Å². The fourth-order valence-corrected chi connectivity index (χ4v) is 3.81. The predicted molar refractivity (Wildman–Crippen MR) is 108 cm³/mol. The van der Waals surface area contributed by atoms with Gasteiger partial charge in [0.25, 0.3) is 0 Å². The number of fused-ring (bicyclic) bond motifs is 1. The summed E-state index contributed by atoms with van der Waals surface area (Å²) < 4.78 is 0. The molecule has 3 atom stereocenters. The number of para-hydroxylation sites is 1. The highest BCUT2D eigenvalue weighted by Crippen LogP contribution is 2.22. The van der Waals surface area contributed by atoms with Crippen LogP contribution >= 0.6 is 0 Å². The number of primary amides is 1. The maximum Gasteiger partial charge on any atom is 0.326 e. The molecule has 0 radical (unpaired) electrons. The number of aliphatic carboxylic acids is 1. The monoisotopic (exact) mass is 415 g/mol. The number of nitrogens with two attached hydrogens (primary N) is 2. The molecule has 3 amide bonds. The maximum absolute atomic E-state index is 12.9. The molecular weight excluding hydrogens is 390 g/mol. The molecule has 7 N–H and O–H groups in total. The second-order valence-electron chi connectivity index (χ2n) is 7.43. The molecule has 30 heavy (non-hydrogen) atoms. The summed E-state index contributed by atoms with van der Waals surface area (Å²) in [4.78, 5) is 52.4. The van der Waals surface area contributed by atoms with Gasteiger partial charge < -0.3 is 31.8 Å². The average Bonchev–Trinajstić information content (AvgIpc) is 3.34. The summed E-state index contributed by atoms with van der Waals surface area (Å²) in [5, 5.41) is 12.5. The second kappa shape index (κ2) is 8.95. The molecule has 0 saturated carbocycles. The molecule has 0 bridgehead atoms. The number of carboxylic acids is 1. The molecule has 3 unspecified atom stereocenters. The van der Waals surface area contributed by atoms with E-state index in [1.807, 2.05) is 30.5 Å². The molecule has 3 rings (SSSR count). The third-order valence-electron chi connectivity index (χ3n) is 5.29. The van der Waals surface area contributed by atoms with Crippen LogP contribution in [0, 0.1) is 0 Å². The largest absolute Gasteiger partial charge is 0.480 e. The van der Waals surface area contributed by atoms with Crippen molar-refractivity contribution >= 4 is 34.6 Å². The van der Waals surface area contributed by atoms with Gasteiger partial charge in [0.2, 0.25) is 17.7 Å². The van der Waals surface area contributed by atoms with Crippen molar-refractivity contribution in [2.45, 2.75) is 43.8 Å². The van der Waals surface area contributed by atoms with Gasteiger partial charge in [-0.15, -0.1) is 0 Å². The first-order valence-electron chi connectivity index (χ1n) is 9.70. The van der Waals surface area contributed by atoms with Crippen LogP contribution < -0.4 is 16.8 Å². The molecule has 2 aromatic rings. The normalized spacial score (nSPS) is 18.2. The lowest BCUT2D eigenvalue weighted by Gasteiger charge is -2.27. The minimum absolute atomic E-state index is 0.299. The Balaban J connectivity index is 1.67. The molecule has 0 aliphatic carbocycles. The molecule has 10 heteroatoms. The van der Waals surface area contributed by atoms with E-state index >= 15 is 0 Å². The number of aromatic nitrogens is 1. The number of carbonyl (C=O) groups excluding carboxylic acids is 3. The van der Waals surface area contributed by atoms with Crippen molar-refractivity contribution in [1.82, 2.24) is 15.2 Å². The summed E-state index contributed by atoms with van der Waals surface area (Å²) in [7, 11) is 0. The van der Waals surface area contributed by atoms with Crippen molar-refractivity contribution in [3.63, 3.8) is 0 Å². The number of carboxylic acid groups (broad SMARTS) is 1. The number of rotatable bonds is 8. The van der Waals surface area contributed by atoms with Gasteiger partial charge in [0, 0.05) is 23.6 Å². The van der Waals surface area contributed by atoms with Crippen molar-refractivity contribution in [3.8, 4) is 0 Å². The Morgan fingerprint density at radius 3 is 2.70 bits per heavy atom. The van der Waals surface area contributed by atoms with Crippen LogP contribution in [0.5, 0.6) is 0 Å². The molecule has 1 aliphatic rings. The summed E-state index contributed by atoms with van der Waals surface area (Å²) in [6, 6.07) is 4.56. The molecule has 1 saturated heterocycles. The maximum atomic E-state index is 12.9. The number of aromatic amines is 1. The second-order valence-corrected chi connectivity index (χ2v) is 7.43. The van der Waals surface area contributed by atoms with Crippen LogP contribution in [0.2, 0.25) is 0 Å². The van der Waals surface area contributed by atoms with Crippen molar-refractivity contribution in [2.24, 2.45) is 11.5 Å². The van der Waals surface area contributed by atoms with Crippen molar-refractivity contribution in [2.75, 3.05) is 6.54 Å². The van der Waals surface area contributed by atoms with Gasteiger partial charge >= 0.3 is 5.97 Å². The number of hydrogen-bond acceptors (Lipinski definition) is 5. The van der Waals surface area contributed by atoms with E-state index in [1.54, 1.807) is 0 Å². The highest BCUT2D eigenvalue weighted by Gasteiger charge is 2.37. The lowest BCUT2D eigenvalue weighted by molar-refractivity contribution is -0.145. The predicted octanol–water partition coefficient (Wildman–Crippen LogP) is -0.526. The fourth-order valence-electron chi connectivity index (χ4n) is 3.81. The highest BCUT2D eigenvalue weighted by molar-refractivity contribution is 5.94. The minimum Gasteiger partial charge on any atom is -0.480 e. The third-order valence-corrected chi connectivity index (χ3v) is 5.29. The fraction of sp³-hybridized carbons (Fsp3) is 0.400. The molecule has 160 valence electrons. The first-order valence-corrected chi connectivity index (χ1v) is 9.70. The van der Waals surface area contributed by atoms with E-state index in [0.29, 0.717) is 25.8 Å². The van der Waals surface area contributed by atoms with E-state index in [1.165, 1.54) is 4.90 Å². The van der Waals surface area contributed by atoms with Crippen LogP contribution in [-0.2, 0) is 25.6 Å². The Morgan fingerprint density at radius 2 is 2.00 bits per heavy atom. The molecule has 10 nitrogen and oxygen atoms in total. The topological polar surface area (TPSA) is 172 Å². The Hall–Kier alpha value is -3.40. The van der Waals surface area contributed by atoms with Gasteiger partial charge in [0.15, 0.2) is 0 Å². The third kappa shape index (κ3) is 4.60. The van der Waals surface area contributed by atoms with Gasteiger partial charge in [0.05, 0.1) is 12.5 Å². The lowest BCUT2D eigenvalue weighted by Crippen LogP contribution is -2.54. The molecule has 1 aromatic carbocycles. The molecule has 1 fully saturated rings. The smallest absolute Gasteiger partial charge is 0.326 e. The number of amides is 3. The van der Waals surface area contributed by atoms with Gasteiger partial charge in [-0.1, -0.05) is 18.2 Å². The van der Waals surface area contributed by atoms with Gasteiger partial charge in [-0.2, -0.15) is 0 Å². The summed E-state index contributed by atoms with van der Waals surface area (Å²) >= 11 is 0.